The molecule has 0 amide bonds. The first-order chi connectivity index (χ1) is 8.74. The predicted octanol–water partition coefficient (Wildman–Crippen LogP) is 2.93. The van der Waals surface area contributed by atoms with E-state index in [1.165, 1.54) is 5.56 Å². The van der Waals surface area contributed by atoms with Crippen molar-refractivity contribution in [3.05, 3.63) is 35.9 Å². The van der Waals surface area contributed by atoms with Gasteiger partial charge in [-0.1, -0.05) is 44.2 Å². The van der Waals surface area contributed by atoms with Gasteiger partial charge in [-0.3, -0.25) is 4.99 Å². The number of aliphatic imine (C=N–C) groups is 1. The van der Waals surface area contributed by atoms with Crippen LogP contribution in [0.5, 0.6) is 0 Å². The monoisotopic (exact) mass is 261 g/mol. The summed E-state index contributed by atoms with van der Waals surface area (Å²) in [6, 6.07) is 10.6. The number of guanidine groups is 1. The summed E-state index contributed by atoms with van der Waals surface area (Å²) in [4.78, 5) is 4.26. The van der Waals surface area contributed by atoms with Crippen LogP contribution in [0.3, 0.4) is 0 Å². The lowest BCUT2D eigenvalue weighted by atomic mass is 9.85. The van der Waals surface area contributed by atoms with Gasteiger partial charge in [-0.25, -0.2) is 0 Å². The molecule has 0 aliphatic heterocycles. The van der Waals surface area contributed by atoms with Crippen LogP contribution in [0.4, 0.5) is 0 Å². The van der Waals surface area contributed by atoms with Crippen LogP contribution in [-0.2, 0) is 5.41 Å². The molecule has 3 heteroatoms. The maximum Gasteiger partial charge on any atom is 0.191 e. The van der Waals surface area contributed by atoms with Crippen molar-refractivity contribution in [3.63, 3.8) is 0 Å². The number of nitrogens with zero attached hydrogens (tertiary/aromatic N) is 1. The zero-order chi connectivity index (χ0) is 14.5. The van der Waals surface area contributed by atoms with Gasteiger partial charge >= 0.3 is 0 Å². The predicted molar refractivity (Wildman–Crippen MR) is 83.7 cm³/mol. The zero-order valence-corrected chi connectivity index (χ0v) is 13.0. The molecule has 0 saturated carbocycles. The Kier molecular flexibility index (Phi) is 4.98. The zero-order valence-electron chi connectivity index (χ0n) is 13.0. The van der Waals surface area contributed by atoms with E-state index in [4.69, 9.17) is 0 Å². The van der Waals surface area contributed by atoms with Crippen molar-refractivity contribution in [2.24, 2.45) is 4.99 Å². The number of hydrogen-bond acceptors (Lipinski definition) is 1. The van der Waals surface area contributed by atoms with Gasteiger partial charge in [-0.2, -0.15) is 0 Å². The normalized spacial score (nSPS) is 13.3. The maximum absolute atomic E-state index is 4.26. The van der Waals surface area contributed by atoms with Crippen LogP contribution in [0.2, 0.25) is 0 Å². The number of rotatable bonds is 3. The highest BCUT2D eigenvalue weighted by atomic mass is 15.2. The van der Waals surface area contributed by atoms with Crippen molar-refractivity contribution < 1.29 is 0 Å². The first kappa shape index (κ1) is 15.5. The fourth-order valence-electron chi connectivity index (χ4n) is 1.83. The van der Waals surface area contributed by atoms with Crippen molar-refractivity contribution in [3.8, 4) is 0 Å². The number of nitrogens with one attached hydrogen (secondary N) is 2. The van der Waals surface area contributed by atoms with E-state index in [0.29, 0.717) is 0 Å². The highest BCUT2D eigenvalue weighted by Gasteiger charge is 2.21. The molecule has 0 aliphatic carbocycles. The summed E-state index contributed by atoms with van der Waals surface area (Å²) in [7, 11) is 1.80. The van der Waals surface area contributed by atoms with Crippen LogP contribution in [0, 0.1) is 0 Å². The summed E-state index contributed by atoms with van der Waals surface area (Å²) < 4.78 is 0. The second kappa shape index (κ2) is 6.09. The van der Waals surface area contributed by atoms with Gasteiger partial charge in [-0.05, 0) is 26.3 Å². The van der Waals surface area contributed by atoms with E-state index >= 15 is 0 Å². The Labute approximate surface area is 117 Å². The van der Waals surface area contributed by atoms with Crippen molar-refractivity contribution in [1.29, 1.82) is 0 Å². The van der Waals surface area contributed by atoms with Crippen molar-refractivity contribution in [2.75, 3.05) is 13.6 Å². The minimum absolute atomic E-state index is 0.0126. The molecule has 2 N–H and O–H groups in total. The SMILES string of the molecule is CN=C(NCC(C)(C)c1ccccc1)NC(C)(C)C. The lowest BCUT2D eigenvalue weighted by Crippen LogP contribution is -2.50. The lowest BCUT2D eigenvalue weighted by molar-refractivity contribution is 0.476. The molecular formula is C16H27N3. The summed E-state index contributed by atoms with van der Waals surface area (Å²) in [6.45, 7) is 11.7. The van der Waals surface area contributed by atoms with Gasteiger partial charge in [0.05, 0.1) is 0 Å². The van der Waals surface area contributed by atoms with Crippen LogP contribution in [0.1, 0.15) is 40.2 Å². The van der Waals surface area contributed by atoms with Crippen LogP contribution < -0.4 is 10.6 Å². The fourth-order valence-corrected chi connectivity index (χ4v) is 1.83. The van der Waals surface area contributed by atoms with Crippen molar-refractivity contribution in [2.45, 2.75) is 45.6 Å². The third kappa shape index (κ3) is 5.33. The second-order valence-corrected chi connectivity index (χ2v) is 6.55. The molecule has 0 fully saturated rings. The molecule has 0 bridgehead atoms. The largest absolute Gasteiger partial charge is 0.356 e. The van der Waals surface area contributed by atoms with Gasteiger partial charge < -0.3 is 10.6 Å². The summed E-state index contributed by atoms with van der Waals surface area (Å²) in [5.74, 6) is 0.844. The minimum atomic E-state index is 0.0126. The molecule has 0 atom stereocenters. The summed E-state index contributed by atoms with van der Waals surface area (Å²) in [6.07, 6.45) is 0. The molecule has 1 rings (SSSR count). The molecule has 0 radical (unpaired) electrons. The molecular weight excluding hydrogens is 234 g/mol. The van der Waals surface area contributed by atoms with E-state index in [2.05, 4.69) is 74.5 Å². The Morgan fingerprint density at radius 2 is 1.63 bits per heavy atom. The third-order valence-corrected chi connectivity index (χ3v) is 2.97. The van der Waals surface area contributed by atoms with Gasteiger partial charge in [0.1, 0.15) is 0 Å². The molecule has 0 aliphatic rings. The number of benzene rings is 1. The first-order valence-electron chi connectivity index (χ1n) is 6.79. The molecule has 19 heavy (non-hydrogen) atoms. The lowest BCUT2D eigenvalue weighted by Gasteiger charge is -2.29. The molecule has 3 nitrogen and oxygen atoms in total. The van der Waals surface area contributed by atoms with E-state index < -0.39 is 0 Å². The highest BCUT2D eigenvalue weighted by Crippen LogP contribution is 2.21. The molecule has 0 heterocycles. The molecule has 0 aromatic heterocycles. The van der Waals surface area contributed by atoms with E-state index in [1.807, 2.05) is 6.07 Å². The van der Waals surface area contributed by atoms with E-state index in [-0.39, 0.29) is 11.0 Å². The van der Waals surface area contributed by atoms with Crippen LogP contribution >= 0.6 is 0 Å². The summed E-state index contributed by atoms with van der Waals surface area (Å²) in [5, 5.41) is 6.77. The van der Waals surface area contributed by atoms with E-state index in [1.54, 1.807) is 7.05 Å². The van der Waals surface area contributed by atoms with Gasteiger partial charge in [0.15, 0.2) is 5.96 Å². The van der Waals surface area contributed by atoms with Crippen LogP contribution in [0.15, 0.2) is 35.3 Å². The fraction of sp³-hybridized carbons (Fsp3) is 0.562. The topological polar surface area (TPSA) is 36.4 Å². The molecule has 1 aromatic carbocycles. The Bertz CT molecular complexity index is 413. The van der Waals surface area contributed by atoms with Crippen molar-refractivity contribution >= 4 is 5.96 Å². The molecule has 0 spiro atoms. The quantitative estimate of drug-likeness (QED) is 0.648. The Morgan fingerprint density at radius 3 is 2.11 bits per heavy atom. The molecule has 0 unspecified atom stereocenters. The van der Waals surface area contributed by atoms with E-state index in [0.717, 1.165) is 12.5 Å². The van der Waals surface area contributed by atoms with Gasteiger partial charge in [-0.15, -0.1) is 0 Å². The summed E-state index contributed by atoms with van der Waals surface area (Å²) in [5.41, 5.74) is 1.41. The van der Waals surface area contributed by atoms with Gasteiger partial charge in [0.25, 0.3) is 0 Å². The van der Waals surface area contributed by atoms with Crippen molar-refractivity contribution in [1.82, 2.24) is 10.6 Å². The number of hydrogen-bond donors (Lipinski definition) is 2. The average molecular weight is 261 g/mol. The molecule has 0 saturated heterocycles. The van der Waals surface area contributed by atoms with Gasteiger partial charge in [0, 0.05) is 24.5 Å². The average Bonchev–Trinajstić information content (AvgIpc) is 2.34. The van der Waals surface area contributed by atoms with Gasteiger partial charge in [0.2, 0.25) is 0 Å². The standard InChI is InChI=1S/C16H27N3/c1-15(2,3)19-14(17-6)18-12-16(4,5)13-10-8-7-9-11-13/h7-11H,12H2,1-6H3,(H2,17,18,19). The Balaban J connectivity index is 2.65. The molecule has 1 aromatic rings. The first-order valence-corrected chi connectivity index (χ1v) is 6.79. The second-order valence-electron chi connectivity index (χ2n) is 6.55. The van der Waals surface area contributed by atoms with Crippen LogP contribution in [-0.4, -0.2) is 25.1 Å². The Morgan fingerprint density at radius 1 is 1.05 bits per heavy atom. The minimum Gasteiger partial charge on any atom is -0.356 e. The maximum atomic E-state index is 4.26. The summed E-state index contributed by atoms with van der Waals surface area (Å²) >= 11 is 0. The smallest absolute Gasteiger partial charge is 0.191 e. The highest BCUT2D eigenvalue weighted by molar-refractivity contribution is 5.80. The van der Waals surface area contributed by atoms with E-state index in [9.17, 15) is 0 Å². The Hall–Kier alpha value is -1.51. The molecule has 106 valence electrons. The van der Waals surface area contributed by atoms with Crippen LogP contribution in [0.25, 0.3) is 0 Å². The third-order valence-electron chi connectivity index (χ3n) is 2.97.